The zero-order valence-corrected chi connectivity index (χ0v) is 9.88. The molecule has 2 unspecified atom stereocenters. The number of carbonyl (C=O) groups is 2. The number of hydrogen-bond acceptors (Lipinski definition) is 3. The minimum absolute atomic E-state index is 0.0923. The van der Waals surface area contributed by atoms with Crippen molar-refractivity contribution in [1.82, 2.24) is 5.32 Å². The highest BCUT2D eigenvalue weighted by atomic mass is 16.2. The van der Waals surface area contributed by atoms with E-state index in [0.29, 0.717) is 13.0 Å². The summed E-state index contributed by atoms with van der Waals surface area (Å²) in [4.78, 5) is 23.0. The first-order valence-electron chi connectivity index (χ1n) is 5.58. The SMILES string of the molecule is CCC(=O)C(NC(=O)CCN)C(C)CC. The lowest BCUT2D eigenvalue weighted by molar-refractivity contribution is -0.128. The molecule has 0 spiro atoms. The van der Waals surface area contributed by atoms with Crippen molar-refractivity contribution in [3.05, 3.63) is 0 Å². The van der Waals surface area contributed by atoms with Crippen LogP contribution in [0, 0.1) is 5.92 Å². The van der Waals surface area contributed by atoms with Crippen molar-refractivity contribution in [1.29, 1.82) is 0 Å². The lowest BCUT2D eigenvalue weighted by Gasteiger charge is -2.22. The van der Waals surface area contributed by atoms with Gasteiger partial charge in [-0.1, -0.05) is 27.2 Å². The second kappa shape index (κ2) is 7.40. The maximum Gasteiger partial charge on any atom is 0.221 e. The topological polar surface area (TPSA) is 72.2 Å². The number of hydrogen-bond donors (Lipinski definition) is 2. The molecule has 0 saturated heterocycles. The van der Waals surface area contributed by atoms with Crippen molar-refractivity contribution in [3.8, 4) is 0 Å². The summed E-state index contributed by atoms with van der Waals surface area (Å²) in [6.07, 6.45) is 1.61. The smallest absolute Gasteiger partial charge is 0.221 e. The molecule has 4 nitrogen and oxygen atoms in total. The van der Waals surface area contributed by atoms with E-state index in [4.69, 9.17) is 5.73 Å². The van der Waals surface area contributed by atoms with E-state index < -0.39 is 0 Å². The van der Waals surface area contributed by atoms with Crippen LogP contribution in [0.5, 0.6) is 0 Å². The van der Waals surface area contributed by atoms with Crippen molar-refractivity contribution in [3.63, 3.8) is 0 Å². The summed E-state index contributed by atoms with van der Waals surface area (Å²) in [7, 11) is 0. The molecule has 0 aromatic carbocycles. The summed E-state index contributed by atoms with van der Waals surface area (Å²) >= 11 is 0. The molecule has 0 heterocycles. The Morgan fingerprint density at radius 3 is 2.33 bits per heavy atom. The van der Waals surface area contributed by atoms with Gasteiger partial charge in [0.15, 0.2) is 5.78 Å². The lowest BCUT2D eigenvalue weighted by atomic mass is 9.94. The van der Waals surface area contributed by atoms with Crippen LogP contribution >= 0.6 is 0 Å². The largest absolute Gasteiger partial charge is 0.346 e. The molecule has 0 aromatic rings. The van der Waals surface area contributed by atoms with Gasteiger partial charge in [0.05, 0.1) is 6.04 Å². The summed E-state index contributed by atoms with van der Waals surface area (Å²) in [5, 5.41) is 2.75. The summed E-state index contributed by atoms with van der Waals surface area (Å²) in [6.45, 7) is 6.11. The van der Waals surface area contributed by atoms with Crippen LogP contribution < -0.4 is 11.1 Å². The van der Waals surface area contributed by atoms with Gasteiger partial charge in [-0.2, -0.15) is 0 Å². The summed E-state index contributed by atoms with van der Waals surface area (Å²) < 4.78 is 0. The highest BCUT2D eigenvalue weighted by Crippen LogP contribution is 2.10. The van der Waals surface area contributed by atoms with Crippen molar-refractivity contribution in [2.45, 2.75) is 46.1 Å². The fourth-order valence-corrected chi connectivity index (χ4v) is 1.37. The number of ketones is 1. The normalized spacial score (nSPS) is 14.4. The van der Waals surface area contributed by atoms with Crippen LogP contribution in [0.15, 0.2) is 0 Å². The van der Waals surface area contributed by atoms with E-state index in [-0.39, 0.29) is 30.1 Å². The average Bonchev–Trinajstić information content (AvgIpc) is 2.24. The fraction of sp³-hybridized carbons (Fsp3) is 0.818. The van der Waals surface area contributed by atoms with Gasteiger partial charge in [0.25, 0.3) is 0 Å². The van der Waals surface area contributed by atoms with Gasteiger partial charge in [0.2, 0.25) is 5.91 Å². The predicted molar refractivity (Wildman–Crippen MR) is 60.4 cm³/mol. The van der Waals surface area contributed by atoms with Crippen LogP contribution in [0.25, 0.3) is 0 Å². The molecule has 0 aliphatic heterocycles. The number of rotatable bonds is 7. The van der Waals surface area contributed by atoms with E-state index in [1.54, 1.807) is 0 Å². The maximum absolute atomic E-state index is 11.6. The van der Waals surface area contributed by atoms with Crippen molar-refractivity contribution >= 4 is 11.7 Å². The molecule has 1 amide bonds. The van der Waals surface area contributed by atoms with Crippen LogP contribution in [0.1, 0.15) is 40.0 Å². The molecular weight excluding hydrogens is 192 g/mol. The highest BCUT2D eigenvalue weighted by molar-refractivity contribution is 5.89. The Bertz CT molecular complexity index is 217. The van der Waals surface area contributed by atoms with E-state index >= 15 is 0 Å². The zero-order chi connectivity index (χ0) is 11.8. The second-order valence-corrected chi connectivity index (χ2v) is 3.79. The number of amides is 1. The minimum atomic E-state index is -0.348. The molecule has 15 heavy (non-hydrogen) atoms. The molecule has 0 aliphatic carbocycles. The molecule has 88 valence electrons. The number of Topliss-reactive ketones (excluding diaryl/α,β-unsaturated/α-hetero) is 1. The third kappa shape index (κ3) is 4.93. The fourth-order valence-electron chi connectivity index (χ4n) is 1.37. The first-order chi connectivity index (χ1) is 7.06. The third-order valence-corrected chi connectivity index (χ3v) is 2.60. The van der Waals surface area contributed by atoms with Crippen molar-refractivity contribution < 1.29 is 9.59 Å². The summed E-state index contributed by atoms with van der Waals surface area (Å²) in [5.41, 5.74) is 5.28. The first kappa shape index (κ1) is 14.1. The first-order valence-corrected chi connectivity index (χ1v) is 5.58. The van der Waals surface area contributed by atoms with Gasteiger partial charge in [-0.05, 0) is 5.92 Å². The Morgan fingerprint density at radius 1 is 1.33 bits per heavy atom. The summed E-state index contributed by atoms with van der Waals surface area (Å²) in [6, 6.07) is -0.348. The molecule has 0 aromatic heterocycles. The van der Waals surface area contributed by atoms with Gasteiger partial charge in [0.1, 0.15) is 0 Å². The van der Waals surface area contributed by atoms with Crippen LogP contribution in [0.3, 0.4) is 0 Å². The average molecular weight is 214 g/mol. The Kier molecular flexibility index (Phi) is 6.96. The predicted octanol–water partition coefficient (Wildman–Crippen LogP) is 0.845. The Balaban J connectivity index is 4.37. The van der Waals surface area contributed by atoms with Gasteiger partial charge < -0.3 is 11.1 Å². The van der Waals surface area contributed by atoms with Crippen LogP contribution in [0.2, 0.25) is 0 Å². The molecule has 4 heteroatoms. The molecule has 0 bridgehead atoms. The lowest BCUT2D eigenvalue weighted by Crippen LogP contribution is -2.45. The van der Waals surface area contributed by atoms with E-state index in [1.807, 2.05) is 20.8 Å². The van der Waals surface area contributed by atoms with E-state index in [9.17, 15) is 9.59 Å². The van der Waals surface area contributed by atoms with Crippen LogP contribution in [-0.4, -0.2) is 24.3 Å². The summed E-state index contributed by atoms with van der Waals surface area (Å²) in [5.74, 6) is 0.137. The van der Waals surface area contributed by atoms with Gasteiger partial charge in [0, 0.05) is 19.4 Å². The van der Waals surface area contributed by atoms with Gasteiger partial charge in [-0.15, -0.1) is 0 Å². The van der Waals surface area contributed by atoms with E-state index in [1.165, 1.54) is 0 Å². The maximum atomic E-state index is 11.6. The van der Waals surface area contributed by atoms with Gasteiger partial charge >= 0.3 is 0 Å². The third-order valence-electron chi connectivity index (χ3n) is 2.60. The number of nitrogens with two attached hydrogens (primary N) is 1. The monoisotopic (exact) mass is 214 g/mol. The second-order valence-electron chi connectivity index (χ2n) is 3.79. The molecule has 0 rings (SSSR count). The standard InChI is InChI=1S/C11H22N2O2/c1-4-8(3)11(9(14)5-2)13-10(15)6-7-12/h8,11H,4-7,12H2,1-3H3,(H,13,15). The van der Waals surface area contributed by atoms with Crippen LogP contribution in [-0.2, 0) is 9.59 Å². The number of carbonyl (C=O) groups excluding carboxylic acids is 2. The Hall–Kier alpha value is -0.900. The van der Waals surface area contributed by atoms with Gasteiger partial charge in [-0.25, -0.2) is 0 Å². The molecule has 0 radical (unpaired) electrons. The Labute approximate surface area is 91.6 Å². The van der Waals surface area contributed by atoms with E-state index in [2.05, 4.69) is 5.32 Å². The highest BCUT2D eigenvalue weighted by Gasteiger charge is 2.23. The molecule has 0 saturated carbocycles. The molecular formula is C11H22N2O2. The van der Waals surface area contributed by atoms with E-state index in [0.717, 1.165) is 6.42 Å². The molecule has 0 fully saturated rings. The number of nitrogens with one attached hydrogen (secondary N) is 1. The van der Waals surface area contributed by atoms with Crippen molar-refractivity contribution in [2.24, 2.45) is 11.7 Å². The van der Waals surface area contributed by atoms with Gasteiger partial charge in [-0.3, -0.25) is 9.59 Å². The molecule has 2 atom stereocenters. The zero-order valence-electron chi connectivity index (χ0n) is 9.88. The Morgan fingerprint density at radius 2 is 1.93 bits per heavy atom. The minimum Gasteiger partial charge on any atom is -0.346 e. The molecule has 3 N–H and O–H groups in total. The molecule has 0 aliphatic rings. The quantitative estimate of drug-likeness (QED) is 0.659. The van der Waals surface area contributed by atoms with Crippen LogP contribution in [0.4, 0.5) is 0 Å². The van der Waals surface area contributed by atoms with Crippen molar-refractivity contribution in [2.75, 3.05) is 6.54 Å².